The molecule has 1 nitrogen and oxygen atoms in total. The van der Waals surface area contributed by atoms with Crippen molar-refractivity contribution in [3.63, 3.8) is 0 Å². The number of allylic oxidation sites excluding steroid dienone is 3. The maximum Gasteiger partial charge on any atom is 0.0647 e. The molecule has 0 aliphatic heterocycles. The lowest BCUT2D eigenvalue weighted by atomic mass is 10.2. The van der Waals surface area contributed by atoms with Gasteiger partial charge in [-0.2, -0.15) is 0 Å². The van der Waals surface area contributed by atoms with Crippen molar-refractivity contribution in [2.75, 3.05) is 13.7 Å². The van der Waals surface area contributed by atoms with Gasteiger partial charge in [0, 0.05) is 11.6 Å². The van der Waals surface area contributed by atoms with Gasteiger partial charge in [-0.3, -0.25) is 0 Å². The first-order valence-electron chi connectivity index (χ1n) is 4.32. The molecular weight excluding hydrogens is 216 g/mol. The summed E-state index contributed by atoms with van der Waals surface area (Å²) in [6.45, 7) is 2.87. The molecule has 0 N–H and O–H groups in total. The average Bonchev–Trinajstić information content (AvgIpc) is 2.06. The first-order valence-corrected chi connectivity index (χ1v) is 5.11. The first-order chi connectivity index (χ1) is 5.81. The summed E-state index contributed by atoms with van der Waals surface area (Å²) in [6, 6.07) is 0. The lowest BCUT2D eigenvalue weighted by Gasteiger charge is -1.91. The van der Waals surface area contributed by atoms with Crippen LogP contribution in [0.4, 0.5) is 0 Å². The van der Waals surface area contributed by atoms with E-state index in [0.717, 1.165) is 10.9 Å². The molecule has 0 atom stereocenters. The molecule has 0 heterocycles. The van der Waals surface area contributed by atoms with E-state index in [-0.39, 0.29) is 0 Å². The molecule has 0 aromatic carbocycles. The maximum atomic E-state index is 4.88. The van der Waals surface area contributed by atoms with Crippen LogP contribution in [0.15, 0.2) is 22.7 Å². The van der Waals surface area contributed by atoms with Gasteiger partial charge >= 0.3 is 0 Å². The summed E-state index contributed by atoms with van der Waals surface area (Å²) in [7, 11) is 1.69. The minimum atomic E-state index is 0.677. The van der Waals surface area contributed by atoms with Crippen LogP contribution in [-0.2, 0) is 4.74 Å². The van der Waals surface area contributed by atoms with Gasteiger partial charge in [-0.15, -0.1) is 0 Å². The predicted molar refractivity (Wildman–Crippen MR) is 57.6 cm³/mol. The third kappa shape index (κ3) is 8.02. The molecule has 0 amide bonds. The van der Waals surface area contributed by atoms with Gasteiger partial charge < -0.3 is 4.74 Å². The first kappa shape index (κ1) is 11.9. The summed E-state index contributed by atoms with van der Waals surface area (Å²) in [5.41, 5.74) is 0. The van der Waals surface area contributed by atoms with Gasteiger partial charge in [0.05, 0.1) is 6.61 Å². The van der Waals surface area contributed by atoms with Crippen molar-refractivity contribution >= 4 is 15.9 Å². The largest absolute Gasteiger partial charge is 0.381 e. The number of hydrogen-bond donors (Lipinski definition) is 0. The van der Waals surface area contributed by atoms with Crippen molar-refractivity contribution in [1.82, 2.24) is 0 Å². The highest BCUT2D eigenvalue weighted by atomic mass is 79.9. The van der Waals surface area contributed by atoms with E-state index in [1.54, 1.807) is 7.11 Å². The van der Waals surface area contributed by atoms with E-state index in [1.807, 2.05) is 12.2 Å². The van der Waals surface area contributed by atoms with Gasteiger partial charge in [0.25, 0.3) is 0 Å². The smallest absolute Gasteiger partial charge is 0.0647 e. The fourth-order valence-electron chi connectivity index (χ4n) is 0.769. The third-order valence-electron chi connectivity index (χ3n) is 1.44. The summed E-state index contributed by atoms with van der Waals surface area (Å²) in [5.74, 6) is 0. The molecule has 0 spiro atoms. The van der Waals surface area contributed by atoms with Crippen LogP contribution < -0.4 is 0 Å². The molecule has 0 bridgehead atoms. The van der Waals surface area contributed by atoms with E-state index in [1.165, 1.54) is 12.8 Å². The van der Waals surface area contributed by atoms with Crippen molar-refractivity contribution in [2.45, 2.75) is 26.2 Å². The summed E-state index contributed by atoms with van der Waals surface area (Å²) >= 11 is 3.46. The fourth-order valence-corrected chi connectivity index (χ4v) is 1.18. The molecule has 0 aliphatic carbocycles. The van der Waals surface area contributed by atoms with Gasteiger partial charge in [-0.25, -0.2) is 0 Å². The van der Waals surface area contributed by atoms with Crippen molar-refractivity contribution < 1.29 is 4.74 Å². The molecule has 0 aromatic rings. The Labute approximate surface area is 83.6 Å². The van der Waals surface area contributed by atoms with Crippen LogP contribution in [0.2, 0.25) is 0 Å². The van der Waals surface area contributed by atoms with Crippen LogP contribution in [0.3, 0.4) is 0 Å². The quantitative estimate of drug-likeness (QED) is 0.502. The Kier molecular flexibility index (Phi) is 8.95. The Balaban J connectivity index is 3.54. The predicted octanol–water partition coefficient (Wildman–Crippen LogP) is 3.66. The van der Waals surface area contributed by atoms with Crippen molar-refractivity contribution in [3.8, 4) is 0 Å². The fraction of sp³-hybridized carbons (Fsp3) is 0.600. The number of rotatable bonds is 6. The topological polar surface area (TPSA) is 9.23 Å². The zero-order chi connectivity index (χ0) is 9.23. The standard InChI is InChI=1S/C10H17BrO/c1-3-4-5-7-10(11)8-6-9-12-2/h6-8H,3-5,9H2,1-2H3/b8-6-,10-7+. The van der Waals surface area contributed by atoms with Crippen LogP contribution >= 0.6 is 15.9 Å². The van der Waals surface area contributed by atoms with E-state index in [0.29, 0.717) is 6.61 Å². The number of unbranched alkanes of at least 4 members (excludes halogenated alkanes) is 2. The van der Waals surface area contributed by atoms with Crippen LogP contribution in [-0.4, -0.2) is 13.7 Å². The number of ether oxygens (including phenoxy) is 1. The number of hydrogen-bond acceptors (Lipinski definition) is 1. The molecule has 70 valence electrons. The van der Waals surface area contributed by atoms with Crippen LogP contribution in [0, 0.1) is 0 Å². The van der Waals surface area contributed by atoms with Crippen molar-refractivity contribution in [1.29, 1.82) is 0 Å². The molecule has 0 saturated heterocycles. The zero-order valence-electron chi connectivity index (χ0n) is 7.85. The van der Waals surface area contributed by atoms with E-state index in [2.05, 4.69) is 28.9 Å². The average molecular weight is 233 g/mol. The molecule has 0 aliphatic rings. The molecule has 0 aromatic heterocycles. The van der Waals surface area contributed by atoms with E-state index in [9.17, 15) is 0 Å². The third-order valence-corrected chi connectivity index (χ3v) is 2.03. The second-order valence-corrected chi connectivity index (χ2v) is 3.50. The minimum Gasteiger partial charge on any atom is -0.381 e. The lowest BCUT2D eigenvalue weighted by molar-refractivity contribution is 0.234. The normalized spacial score (nSPS) is 12.8. The van der Waals surface area contributed by atoms with E-state index < -0.39 is 0 Å². The molecule has 0 fully saturated rings. The summed E-state index contributed by atoms with van der Waals surface area (Å²) in [4.78, 5) is 0. The molecule has 12 heavy (non-hydrogen) atoms. The monoisotopic (exact) mass is 232 g/mol. The molecule has 0 unspecified atom stereocenters. The molecule has 2 heteroatoms. The van der Waals surface area contributed by atoms with E-state index >= 15 is 0 Å². The van der Waals surface area contributed by atoms with Gasteiger partial charge in [0.1, 0.15) is 0 Å². The Hall–Kier alpha value is -0.0800. The molecule has 0 saturated carbocycles. The highest BCUT2D eigenvalue weighted by molar-refractivity contribution is 9.11. The molecular formula is C10H17BrO. The zero-order valence-corrected chi connectivity index (χ0v) is 9.43. The van der Waals surface area contributed by atoms with Gasteiger partial charge in [0.2, 0.25) is 0 Å². The second-order valence-electron chi connectivity index (χ2n) is 2.59. The SMILES string of the molecule is CCCC/C=C(Br)\C=C/COC. The minimum absolute atomic E-state index is 0.677. The van der Waals surface area contributed by atoms with Crippen molar-refractivity contribution in [3.05, 3.63) is 22.7 Å². The van der Waals surface area contributed by atoms with Gasteiger partial charge in [-0.05, 0) is 6.42 Å². The Morgan fingerprint density at radius 1 is 1.50 bits per heavy atom. The van der Waals surface area contributed by atoms with Gasteiger partial charge in [0.15, 0.2) is 0 Å². The Morgan fingerprint density at radius 3 is 2.83 bits per heavy atom. The van der Waals surface area contributed by atoms with Crippen molar-refractivity contribution in [2.24, 2.45) is 0 Å². The second kappa shape index (κ2) is 9.01. The summed E-state index contributed by atoms with van der Waals surface area (Å²) in [6.07, 6.45) is 9.86. The Bertz CT molecular complexity index is 150. The summed E-state index contributed by atoms with van der Waals surface area (Å²) in [5, 5.41) is 0. The highest BCUT2D eigenvalue weighted by Gasteiger charge is 1.84. The van der Waals surface area contributed by atoms with Crippen LogP contribution in [0.25, 0.3) is 0 Å². The summed E-state index contributed by atoms with van der Waals surface area (Å²) < 4.78 is 6.03. The van der Waals surface area contributed by atoms with Crippen LogP contribution in [0.1, 0.15) is 26.2 Å². The number of methoxy groups -OCH3 is 1. The van der Waals surface area contributed by atoms with Gasteiger partial charge in [-0.1, -0.05) is 53.9 Å². The Morgan fingerprint density at radius 2 is 2.25 bits per heavy atom. The van der Waals surface area contributed by atoms with E-state index in [4.69, 9.17) is 4.74 Å². The van der Waals surface area contributed by atoms with Crippen LogP contribution in [0.5, 0.6) is 0 Å². The lowest BCUT2D eigenvalue weighted by Crippen LogP contribution is -1.79. The molecule has 0 radical (unpaired) electrons. The number of halogens is 1. The maximum absolute atomic E-state index is 4.88. The highest BCUT2D eigenvalue weighted by Crippen LogP contribution is 2.09. The molecule has 0 rings (SSSR count).